The Labute approximate surface area is 178 Å². The first-order valence-electron chi connectivity index (χ1n) is 9.13. The summed E-state index contributed by atoms with van der Waals surface area (Å²) in [5.41, 5.74) is 2.64. The Morgan fingerprint density at radius 3 is 2.17 bits per heavy atom. The minimum absolute atomic E-state index is 0.250. The van der Waals surface area contributed by atoms with Gasteiger partial charge in [-0.3, -0.25) is 9.59 Å². The first-order valence-corrected chi connectivity index (χ1v) is 9.92. The van der Waals surface area contributed by atoms with Crippen molar-refractivity contribution in [3.8, 4) is 5.75 Å². The van der Waals surface area contributed by atoms with Gasteiger partial charge < -0.3 is 15.4 Å². The number of halogens is 1. The molecule has 0 radical (unpaired) electrons. The van der Waals surface area contributed by atoms with Crippen LogP contribution in [-0.4, -0.2) is 17.9 Å². The number of anilines is 2. The average molecular weight is 453 g/mol. The Morgan fingerprint density at radius 2 is 1.52 bits per heavy atom. The first kappa shape index (κ1) is 20.6. The summed E-state index contributed by atoms with van der Waals surface area (Å²) in [5.74, 6) is 0.0167. The van der Waals surface area contributed by atoms with Gasteiger partial charge in [0.25, 0.3) is 11.8 Å². The van der Waals surface area contributed by atoms with Gasteiger partial charge in [-0.05, 0) is 71.7 Å². The Morgan fingerprint density at radius 1 is 0.897 bits per heavy atom. The molecular formula is C23H21BrN2O3. The van der Waals surface area contributed by atoms with Gasteiger partial charge in [-0.1, -0.05) is 36.4 Å². The lowest BCUT2D eigenvalue weighted by atomic mass is 10.2. The maximum Gasteiger partial charge on any atom is 0.265 e. The van der Waals surface area contributed by atoms with Crippen LogP contribution in [0.4, 0.5) is 11.4 Å². The van der Waals surface area contributed by atoms with E-state index in [1.165, 1.54) is 0 Å². The molecule has 0 aliphatic heterocycles. The molecule has 2 amide bonds. The van der Waals surface area contributed by atoms with E-state index < -0.39 is 6.10 Å². The quantitative estimate of drug-likeness (QED) is 0.524. The number of aryl methyl sites for hydroxylation is 1. The molecule has 5 nitrogen and oxygen atoms in total. The predicted octanol–water partition coefficient (Wildman–Crippen LogP) is 5.42. The summed E-state index contributed by atoms with van der Waals surface area (Å²) in [5, 5.41) is 5.66. The topological polar surface area (TPSA) is 67.4 Å². The molecular weight excluding hydrogens is 432 g/mol. The predicted molar refractivity (Wildman–Crippen MR) is 118 cm³/mol. The van der Waals surface area contributed by atoms with Crippen molar-refractivity contribution >= 4 is 39.1 Å². The van der Waals surface area contributed by atoms with Crippen LogP contribution in [0.2, 0.25) is 0 Å². The van der Waals surface area contributed by atoms with E-state index >= 15 is 0 Å². The van der Waals surface area contributed by atoms with E-state index in [0.717, 1.165) is 10.0 Å². The molecule has 3 aromatic carbocycles. The van der Waals surface area contributed by atoms with E-state index in [-0.39, 0.29) is 11.8 Å². The maximum absolute atomic E-state index is 12.6. The second kappa shape index (κ2) is 9.39. The van der Waals surface area contributed by atoms with Crippen LogP contribution in [0.3, 0.4) is 0 Å². The second-order valence-electron chi connectivity index (χ2n) is 6.55. The smallest absolute Gasteiger partial charge is 0.265 e. The largest absolute Gasteiger partial charge is 0.480 e. The highest BCUT2D eigenvalue weighted by atomic mass is 79.9. The molecule has 29 heavy (non-hydrogen) atoms. The van der Waals surface area contributed by atoms with Gasteiger partial charge in [0.1, 0.15) is 5.75 Å². The normalized spacial score (nSPS) is 11.4. The number of hydrogen-bond acceptors (Lipinski definition) is 3. The fourth-order valence-corrected chi connectivity index (χ4v) is 3.25. The highest BCUT2D eigenvalue weighted by Gasteiger charge is 2.18. The fourth-order valence-electron chi connectivity index (χ4n) is 2.66. The van der Waals surface area contributed by atoms with Crippen LogP contribution in [0.5, 0.6) is 5.75 Å². The summed E-state index contributed by atoms with van der Waals surface area (Å²) in [7, 11) is 0. The summed E-state index contributed by atoms with van der Waals surface area (Å²) in [6, 6.07) is 21.6. The number of hydrogen-bond donors (Lipinski definition) is 2. The van der Waals surface area contributed by atoms with Gasteiger partial charge in [0.05, 0.1) is 15.8 Å². The lowest BCUT2D eigenvalue weighted by Crippen LogP contribution is -2.30. The highest BCUT2D eigenvalue weighted by Crippen LogP contribution is 2.27. The summed E-state index contributed by atoms with van der Waals surface area (Å²) < 4.78 is 6.56. The Kier molecular flexibility index (Phi) is 6.67. The van der Waals surface area contributed by atoms with Gasteiger partial charge in [-0.25, -0.2) is 0 Å². The molecule has 0 bridgehead atoms. The molecule has 0 aliphatic carbocycles. The highest BCUT2D eigenvalue weighted by molar-refractivity contribution is 9.10. The Balaban J connectivity index is 1.69. The first-order chi connectivity index (χ1) is 13.9. The molecule has 0 spiro atoms. The van der Waals surface area contributed by atoms with Gasteiger partial charge >= 0.3 is 0 Å². The van der Waals surface area contributed by atoms with Crippen LogP contribution in [0.25, 0.3) is 0 Å². The van der Waals surface area contributed by atoms with E-state index in [2.05, 4.69) is 26.6 Å². The molecule has 1 atom stereocenters. The molecule has 0 heterocycles. The van der Waals surface area contributed by atoms with E-state index in [1.807, 2.05) is 31.2 Å². The zero-order valence-electron chi connectivity index (χ0n) is 16.1. The minimum Gasteiger partial charge on any atom is -0.480 e. The zero-order chi connectivity index (χ0) is 20.8. The molecule has 0 fully saturated rings. The van der Waals surface area contributed by atoms with Crippen LogP contribution < -0.4 is 15.4 Å². The molecule has 148 valence electrons. The van der Waals surface area contributed by atoms with Gasteiger partial charge in [-0.15, -0.1) is 0 Å². The van der Waals surface area contributed by atoms with E-state index in [4.69, 9.17) is 4.74 Å². The third kappa shape index (κ3) is 5.45. The van der Waals surface area contributed by atoms with Crippen LogP contribution in [0.1, 0.15) is 22.8 Å². The van der Waals surface area contributed by atoms with Crippen molar-refractivity contribution in [2.24, 2.45) is 0 Å². The van der Waals surface area contributed by atoms with Crippen molar-refractivity contribution in [2.75, 3.05) is 10.6 Å². The summed E-state index contributed by atoms with van der Waals surface area (Å²) in [4.78, 5) is 25.1. The molecule has 1 unspecified atom stereocenters. The Hall–Kier alpha value is -3.12. The number of rotatable bonds is 6. The molecule has 2 N–H and O–H groups in total. The Bertz CT molecular complexity index is 1020. The van der Waals surface area contributed by atoms with E-state index in [1.54, 1.807) is 55.5 Å². The van der Waals surface area contributed by atoms with Crippen LogP contribution in [0.15, 0.2) is 77.3 Å². The number of benzene rings is 3. The molecule has 0 aliphatic rings. The van der Waals surface area contributed by atoms with Gasteiger partial charge in [0, 0.05) is 5.56 Å². The second-order valence-corrected chi connectivity index (χ2v) is 7.40. The molecule has 3 rings (SSSR count). The van der Waals surface area contributed by atoms with E-state index in [9.17, 15) is 9.59 Å². The van der Waals surface area contributed by atoms with Crippen molar-refractivity contribution in [1.82, 2.24) is 0 Å². The van der Waals surface area contributed by atoms with Crippen molar-refractivity contribution < 1.29 is 14.3 Å². The van der Waals surface area contributed by atoms with E-state index in [0.29, 0.717) is 22.7 Å². The van der Waals surface area contributed by atoms with Crippen molar-refractivity contribution in [3.05, 3.63) is 88.4 Å². The molecule has 3 aromatic rings. The maximum atomic E-state index is 12.6. The third-order valence-electron chi connectivity index (χ3n) is 4.23. The number of nitrogens with one attached hydrogen (secondary N) is 2. The fraction of sp³-hybridized carbons (Fsp3) is 0.130. The van der Waals surface area contributed by atoms with Gasteiger partial charge in [-0.2, -0.15) is 0 Å². The number of ether oxygens (including phenoxy) is 1. The lowest BCUT2D eigenvalue weighted by Gasteiger charge is -2.17. The van der Waals surface area contributed by atoms with Crippen molar-refractivity contribution in [3.63, 3.8) is 0 Å². The van der Waals surface area contributed by atoms with Crippen molar-refractivity contribution in [1.29, 1.82) is 0 Å². The molecule has 0 aromatic heterocycles. The number of carbonyl (C=O) groups excluding carboxylic acids is 2. The summed E-state index contributed by atoms with van der Waals surface area (Å²) >= 11 is 3.45. The third-order valence-corrected chi connectivity index (χ3v) is 4.85. The SMILES string of the molecule is Cc1ccc(OC(C)C(=O)Nc2ccccc2NC(=O)c2ccccc2)c(Br)c1. The zero-order valence-corrected chi connectivity index (χ0v) is 17.7. The van der Waals surface area contributed by atoms with Crippen LogP contribution >= 0.6 is 15.9 Å². The van der Waals surface area contributed by atoms with Crippen molar-refractivity contribution in [2.45, 2.75) is 20.0 Å². The lowest BCUT2D eigenvalue weighted by molar-refractivity contribution is -0.122. The molecule has 6 heteroatoms. The van der Waals surface area contributed by atoms with Gasteiger partial charge in [0.15, 0.2) is 6.10 Å². The molecule has 0 saturated carbocycles. The van der Waals surface area contributed by atoms with Crippen LogP contribution in [0, 0.1) is 6.92 Å². The summed E-state index contributed by atoms with van der Waals surface area (Å²) in [6.07, 6.45) is -0.730. The number of carbonyl (C=O) groups is 2. The standard InChI is InChI=1S/C23H21BrN2O3/c1-15-12-13-21(18(24)14-15)29-16(2)22(27)25-19-10-6-7-11-20(19)26-23(28)17-8-4-3-5-9-17/h3-14,16H,1-2H3,(H,25,27)(H,26,28). The number of para-hydroxylation sites is 2. The van der Waals surface area contributed by atoms with Crippen LogP contribution in [-0.2, 0) is 4.79 Å². The molecule has 0 saturated heterocycles. The summed E-state index contributed by atoms with van der Waals surface area (Å²) in [6.45, 7) is 3.65. The van der Waals surface area contributed by atoms with Gasteiger partial charge in [0.2, 0.25) is 0 Å². The monoisotopic (exact) mass is 452 g/mol. The minimum atomic E-state index is -0.730. The average Bonchev–Trinajstić information content (AvgIpc) is 2.72. The number of amides is 2.